The first-order chi connectivity index (χ1) is 9.61. The van der Waals surface area contributed by atoms with Gasteiger partial charge >= 0.3 is 5.97 Å². The zero-order chi connectivity index (χ0) is 14.3. The summed E-state index contributed by atoms with van der Waals surface area (Å²) in [5.74, 6) is -0.102. The number of fused-ring (bicyclic) bond motifs is 3. The van der Waals surface area contributed by atoms with E-state index in [1.54, 1.807) is 7.11 Å². The van der Waals surface area contributed by atoms with Crippen molar-refractivity contribution in [1.82, 2.24) is 0 Å². The molecule has 0 heterocycles. The molecule has 0 amide bonds. The quantitative estimate of drug-likeness (QED) is 0.925. The predicted molar refractivity (Wildman–Crippen MR) is 77.3 cm³/mol. The zero-order valence-corrected chi connectivity index (χ0v) is 11.5. The van der Waals surface area contributed by atoms with Crippen molar-refractivity contribution in [2.75, 3.05) is 7.11 Å². The summed E-state index contributed by atoms with van der Waals surface area (Å²) < 4.78 is 5.27. The highest BCUT2D eigenvalue weighted by molar-refractivity contribution is 5.84. The lowest BCUT2D eigenvalue weighted by Gasteiger charge is -2.11. The summed E-state index contributed by atoms with van der Waals surface area (Å²) >= 11 is 0. The molecule has 20 heavy (non-hydrogen) atoms. The molecule has 0 radical (unpaired) electrons. The Morgan fingerprint density at radius 3 is 2.75 bits per heavy atom. The first-order valence-corrected chi connectivity index (χ1v) is 6.61. The summed E-state index contributed by atoms with van der Waals surface area (Å²) in [6.45, 7) is 2.07. The van der Waals surface area contributed by atoms with Crippen LogP contribution in [0.1, 0.15) is 29.0 Å². The van der Waals surface area contributed by atoms with Crippen LogP contribution in [0, 0.1) is 6.92 Å². The SMILES string of the molecule is COc1ccc2c(c1)C(CC(=O)O)c1cccc(C)c1-2. The van der Waals surface area contributed by atoms with Crippen molar-refractivity contribution in [3.8, 4) is 16.9 Å². The molecule has 3 rings (SSSR count). The van der Waals surface area contributed by atoms with Crippen LogP contribution in [0.15, 0.2) is 36.4 Å². The van der Waals surface area contributed by atoms with E-state index in [-0.39, 0.29) is 12.3 Å². The fourth-order valence-corrected chi connectivity index (χ4v) is 3.09. The summed E-state index contributed by atoms with van der Waals surface area (Å²) in [5.41, 5.74) is 5.65. The number of benzene rings is 2. The standard InChI is InChI=1S/C17H16O3/c1-10-4-3-5-12-15(9-16(18)19)14-8-11(20-2)6-7-13(14)17(10)12/h3-8,15H,9H2,1-2H3,(H,18,19). The molecule has 0 aliphatic heterocycles. The van der Waals surface area contributed by atoms with Crippen LogP contribution in [0.5, 0.6) is 5.75 Å². The number of rotatable bonds is 3. The fraction of sp³-hybridized carbons (Fsp3) is 0.235. The van der Waals surface area contributed by atoms with Crippen molar-refractivity contribution in [2.45, 2.75) is 19.3 Å². The molecule has 0 spiro atoms. The molecule has 1 aliphatic rings. The number of ether oxygens (including phenoxy) is 1. The molecule has 0 fully saturated rings. The molecule has 1 unspecified atom stereocenters. The van der Waals surface area contributed by atoms with Crippen LogP contribution in [0.3, 0.4) is 0 Å². The monoisotopic (exact) mass is 268 g/mol. The molecule has 1 atom stereocenters. The first kappa shape index (κ1) is 12.7. The first-order valence-electron chi connectivity index (χ1n) is 6.61. The second-order valence-electron chi connectivity index (χ2n) is 5.14. The van der Waals surface area contributed by atoms with Gasteiger partial charge in [0.05, 0.1) is 13.5 Å². The number of hydrogen-bond donors (Lipinski definition) is 1. The van der Waals surface area contributed by atoms with E-state index in [1.807, 2.05) is 30.3 Å². The number of hydrogen-bond acceptors (Lipinski definition) is 2. The molecule has 0 bridgehead atoms. The maximum atomic E-state index is 11.2. The number of methoxy groups -OCH3 is 1. The molecule has 3 nitrogen and oxygen atoms in total. The maximum Gasteiger partial charge on any atom is 0.304 e. The Hall–Kier alpha value is -2.29. The Morgan fingerprint density at radius 2 is 2.05 bits per heavy atom. The number of carboxylic acids is 1. The van der Waals surface area contributed by atoms with Gasteiger partial charge in [0, 0.05) is 5.92 Å². The van der Waals surface area contributed by atoms with Gasteiger partial charge in [-0.05, 0) is 46.9 Å². The molecule has 2 aromatic rings. The smallest absolute Gasteiger partial charge is 0.304 e. The van der Waals surface area contributed by atoms with Crippen molar-refractivity contribution >= 4 is 5.97 Å². The summed E-state index contributed by atoms with van der Waals surface area (Å²) in [5, 5.41) is 9.19. The third kappa shape index (κ3) is 1.86. The number of aryl methyl sites for hydroxylation is 1. The third-order valence-electron chi connectivity index (χ3n) is 3.96. The number of carboxylic acid groups (broad SMARTS) is 1. The third-order valence-corrected chi connectivity index (χ3v) is 3.96. The van der Waals surface area contributed by atoms with Crippen LogP contribution in [0.4, 0.5) is 0 Å². The van der Waals surface area contributed by atoms with Crippen molar-refractivity contribution < 1.29 is 14.6 Å². The van der Waals surface area contributed by atoms with Gasteiger partial charge in [-0.1, -0.05) is 24.3 Å². The lowest BCUT2D eigenvalue weighted by molar-refractivity contribution is -0.137. The van der Waals surface area contributed by atoms with Crippen LogP contribution in [-0.4, -0.2) is 18.2 Å². The lowest BCUT2D eigenvalue weighted by atomic mass is 9.93. The topological polar surface area (TPSA) is 46.5 Å². The summed E-state index contributed by atoms with van der Waals surface area (Å²) in [6, 6.07) is 12.0. The molecule has 0 saturated heterocycles. The summed E-state index contributed by atoms with van der Waals surface area (Å²) in [6.07, 6.45) is 0.108. The minimum absolute atomic E-state index is 0.0903. The Labute approximate surface area is 117 Å². The van der Waals surface area contributed by atoms with Crippen LogP contribution < -0.4 is 4.74 Å². The van der Waals surface area contributed by atoms with Crippen molar-refractivity contribution in [3.63, 3.8) is 0 Å². The van der Waals surface area contributed by atoms with Gasteiger partial charge in [-0.25, -0.2) is 0 Å². The zero-order valence-electron chi connectivity index (χ0n) is 11.5. The molecular weight excluding hydrogens is 252 g/mol. The Morgan fingerprint density at radius 1 is 1.25 bits per heavy atom. The molecule has 0 aromatic heterocycles. The van der Waals surface area contributed by atoms with E-state index >= 15 is 0 Å². The van der Waals surface area contributed by atoms with E-state index in [4.69, 9.17) is 4.74 Å². The summed E-state index contributed by atoms with van der Waals surface area (Å²) in [7, 11) is 1.63. The normalized spacial score (nSPS) is 15.6. The average molecular weight is 268 g/mol. The van der Waals surface area contributed by atoms with Crippen LogP contribution in [0.25, 0.3) is 11.1 Å². The van der Waals surface area contributed by atoms with Gasteiger partial charge in [0.2, 0.25) is 0 Å². The van der Waals surface area contributed by atoms with Gasteiger partial charge in [0.1, 0.15) is 5.75 Å². The summed E-state index contributed by atoms with van der Waals surface area (Å²) in [4.78, 5) is 11.2. The number of aliphatic carboxylic acids is 1. The van der Waals surface area contributed by atoms with E-state index in [1.165, 1.54) is 11.1 Å². The fourth-order valence-electron chi connectivity index (χ4n) is 3.09. The minimum atomic E-state index is -0.780. The van der Waals surface area contributed by atoms with Gasteiger partial charge in [-0.3, -0.25) is 4.79 Å². The van der Waals surface area contributed by atoms with E-state index in [2.05, 4.69) is 13.0 Å². The van der Waals surface area contributed by atoms with Crippen molar-refractivity contribution in [2.24, 2.45) is 0 Å². The Balaban J connectivity index is 2.23. The van der Waals surface area contributed by atoms with Crippen LogP contribution >= 0.6 is 0 Å². The van der Waals surface area contributed by atoms with Gasteiger partial charge in [0.15, 0.2) is 0 Å². The maximum absolute atomic E-state index is 11.2. The minimum Gasteiger partial charge on any atom is -0.497 e. The largest absolute Gasteiger partial charge is 0.497 e. The molecule has 2 aromatic carbocycles. The average Bonchev–Trinajstić information content (AvgIpc) is 2.73. The molecule has 3 heteroatoms. The number of carbonyl (C=O) groups is 1. The second-order valence-corrected chi connectivity index (χ2v) is 5.14. The molecule has 1 N–H and O–H groups in total. The molecule has 102 valence electrons. The lowest BCUT2D eigenvalue weighted by Crippen LogP contribution is -2.05. The van der Waals surface area contributed by atoms with Gasteiger partial charge in [-0.15, -0.1) is 0 Å². The van der Waals surface area contributed by atoms with E-state index in [0.717, 1.165) is 22.4 Å². The van der Waals surface area contributed by atoms with Gasteiger partial charge in [0.25, 0.3) is 0 Å². The van der Waals surface area contributed by atoms with E-state index < -0.39 is 5.97 Å². The Bertz CT molecular complexity index is 689. The van der Waals surface area contributed by atoms with Crippen molar-refractivity contribution in [3.05, 3.63) is 53.1 Å². The van der Waals surface area contributed by atoms with Crippen molar-refractivity contribution in [1.29, 1.82) is 0 Å². The second kappa shape index (κ2) is 4.67. The van der Waals surface area contributed by atoms with E-state index in [9.17, 15) is 9.90 Å². The highest BCUT2D eigenvalue weighted by atomic mass is 16.5. The molecule has 0 saturated carbocycles. The van der Waals surface area contributed by atoms with Crippen LogP contribution in [-0.2, 0) is 4.79 Å². The highest BCUT2D eigenvalue weighted by Crippen LogP contribution is 2.48. The van der Waals surface area contributed by atoms with Gasteiger partial charge < -0.3 is 9.84 Å². The molecule has 1 aliphatic carbocycles. The Kier molecular flexibility index (Phi) is 2.97. The predicted octanol–water partition coefficient (Wildman–Crippen LogP) is 3.59. The van der Waals surface area contributed by atoms with E-state index in [0.29, 0.717) is 0 Å². The van der Waals surface area contributed by atoms with Crippen LogP contribution in [0.2, 0.25) is 0 Å². The highest BCUT2D eigenvalue weighted by Gasteiger charge is 2.31. The van der Waals surface area contributed by atoms with Gasteiger partial charge in [-0.2, -0.15) is 0 Å². The molecular formula is C17H16O3.